The van der Waals surface area contributed by atoms with E-state index >= 15 is 0 Å². The lowest BCUT2D eigenvalue weighted by atomic mass is 10.1. The van der Waals surface area contributed by atoms with Gasteiger partial charge in [-0.2, -0.15) is 0 Å². The summed E-state index contributed by atoms with van der Waals surface area (Å²) in [5, 5.41) is 12.6. The predicted molar refractivity (Wildman–Crippen MR) is 133 cm³/mol. The van der Waals surface area contributed by atoms with Crippen LogP contribution >= 0.6 is 7.60 Å². The lowest BCUT2D eigenvalue weighted by Crippen LogP contribution is -2.20. The molecule has 0 aliphatic heterocycles. The molecule has 0 amide bonds. The minimum absolute atomic E-state index is 0.163. The third kappa shape index (κ3) is 9.98. The van der Waals surface area contributed by atoms with Crippen molar-refractivity contribution in [2.24, 2.45) is 0 Å². The first-order valence-electron chi connectivity index (χ1n) is 11.3. The van der Waals surface area contributed by atoms with E-state index in [0.717, 1.165) is 42.8 Å². The maximum atomic E-state index is 12.2. The maximum Gasteiger partial charge on any atom is 0.365 e. The molecule has 0 aliphatic carbocycles. The maximum absolute atomic E-state index is 12.2. The molecule has 0 radical (unpaired) electrons. The van der Waals surface area contributed by atoms with E-state index in [1.807, 2.05) is 42.5 Å². The van der Waals surface area contributed by atoms with Gasteiger partial charge in [0.25, 0.3) is 0 Å². The van der Waals surface area contributed by atoms with E-state index in [9.17, 15) is 14.6 Å². The van der Waals surface area contributed by atoms with Gasteiger partial charge in [-0.1, -0.05) is 42.5 Å². The Morgan fingerprint density at radius 1 is 0.735 bits per heavy atom. The molecule has 1 unspecified atom stereocenters. The van der Waals surface area contributed by atoms with Crippen molar-refractivity contribution in [1.29, 1.82) is 0 Å². The highest BCUT2D eigenvalue weighted by Gasteiger charge is 2.20. The first-order chi connectivity index (χ1) is 16.5. The number of ether oxygens (including phenoxy) is 2. The minimum atomic E-state index is -3.81. The summed E-state index contributed by atoms with van der Waals surface area (Å²) < 4.78 is 28.4. The average Bonchev–Trinajstić information content (AvgIpc) is 2.85. The van der Waals surface area contributed by atoms with Crippen LogP contribution in [0.15, 0.2) is 78.9 Å². The molecule has 1 atom stereocenters. The summed E-state index contributed by atoms with van der Waals surface area (Å²) in [5.41, 5.74) is 2.20. The Labute approximate surface area is 200 Å². The number of nitrogens with one attached hydrogen (secondary N) is 1. The second-order valence-electron chi connectivity index (χ2n) is 7.82. The van der Waals surface area contributed by atoms with Crippen molar-refractivity contribution in [2.45, 2.75) is 19.3 Å². The molecule has 0 fully saturated rings. The molecule has 0 bridgehead atoms. The fraction of sp³-hybridized carbons (Fsp3) is 0.308. The van der Waals surface area contributed by atoms with Crippen LogP contribution in [-0.4, -0.2) is 42.7 Å². The zero-order valence-electron chi connectivity index (χ0n) is 19.1. The predicted octanol–water partition coefficient (Wildman–Crippen LogP) is 4.77. The normalized spacial score (nSPS) is 12.7. The molecule has 3 rings (SSSR count). The van der Waals surface area contributed by atoms with Crippen molar-refractivity contribution in [3.63, 3.8) is 0 Å². The van der Waals surface area contributed by atoms with Gasteiger partial charge in [0, 0.05) is 0 Å². The van der Waals surface area contributed by atoms with Crippen LogP contribution in [0.25, 0.3) is 0 Å². The zero-order chi connectivity index (χ0) is 24.1. The summed E-state index contributed by atoms with van der Waals surface area (Å²) in [6.45, 7) is 2.44. The number of aromatic hydroxyl groups is 1. The lowest BCUT2D eigenvalue weighted by Gasteiger charge is -2.13. The van der Waals surface area contributed by atoms with Crippen LogP contribution in [0.1, 0.15) is 17.5 Å². The lowest BCUT2D eigenvalue weighted by molar-refractivity contribution is 0.233. The molecule has 0 saturated heterocycles. The summed E-state index contributed by atoms with van der Waals surface area (Å²) in [6.07, 6.45) is 1.93. The summed E-state index contributed by atoms with van der Waals surface area (Å²) >= 11 is 0. The summed E-state index contributed by atoms with van der Waals surface area (Å²) in [6, 6.07) is 23.9. The number of benzene rings is 3. The van der Waals surface area contributed by atoms with Gasteiger partial charge >= 0.3 is 7.60 Å². The third-order valence-electron chi connectivity index (χ3n) is 5.04. The molecule has 34 heavy (non-hydrogen) atoms. The molecule has 0 aliphatic rings. The van der Waals surface area contributed by atoms with Crippen LogP contribution < -0.4 is 14.8 Å². The molecule has 0 spiro atoms. The molecule has 0 heterocycles. The van der Waals surface area contributed by atoms with Crippen molar-refractivity contribution in [3.05, 3.63) is 90.0 Å². The number of hydrogen-bond donors (Lipinski definition) is 3. The second kappa shape index (κ2) is 13.8. The van der Waals surface area contributed by atoms with Gasteiger partial charge in [-0.15, -0.1) is 0 Å². The number of rotatable bonds is 15. The summed E-state index contributed by atoms with van der Waals surface area (Å²) in [4.78, 5) is 9.97. The van der Waals surface area contributed by atoms with Gasteiger partial charge in [0.05, 0.1) is 13.2 Å². The minimum Gasteiger partial charge on any atom is -0.508 e. The van der Waals surface area contributed by atoms with Gasteiger partial charge in [-0.3, -0.25) is 4.57 Å². The fourth-order valence-corrected chi connectivity index (χ4v) is 3.95. The Kier molecular flexibility index (Phi) is 10.4. The Bertz CT molecular complexity index is 1010. The summed E-state index contributed by atoms with van der Waals surface area (Å²) in [7, 11) is -3.81. The van der Waals surface area contributed by atoms with Crippen molar-refractivity contribution in [1.82, 2.24) is 5.32 Å². The van der Waals surface area contributed by atoms with Crippen molar-refractivity contribution in [3.8, 4) is 17.2 Å². The molecule has 8 heteroatoms. The topological polar surface area (TPSA) is 97.3 Å². The van der Waals surface area contributed by atoms with E-state index in [1.165, 1.54) is 0 Å². The second-order valence-corrected chi connectivity index (χ2v) is 9.61. The quantitative estimate of drug-likeness (QED) is 0.211. The first-order valence-corrected chi connectivity index (χ1v) is 13.1. The molecule has 7 nitrogen and oxygen atoms in total. The summed E-state index contributed by atoms with van der Waals surface area (Å²) in [5.74, 6) is 1.51. The molecule has 182 valence electrons. The van der Waals surface area contributed by atoms with Crippen molar-refractivity contribution < 1.29 is 28.6 Å². The molecule has 3 aromatic carbocycles. The van der Waals surface area contributed by atoms with Gasteiger partial charge in [-0.05, 0) is 79.9 Å². The van der Waals surface area contributed by atoms with Crippen LogP contribution in [0, 0.1) is 0 Å². The van der Waals surface area contributed by atoms with Gasteiger partial charge in [0.1, 0.15) is 17.2 Å². The van der Waals surface area contributed by atoms with E-state index < -0.39 is 7.60 Å². The van der Waals surface area contributed by atoms with E-state index in [0.29, 0.717) is 18.8 Å². The molecular weight excluding hydrogens is 453 g/mol. The van der Waals surface area contributed by atoms with Crippen LogP contribution in [0.2, 0.25) is 0 Å². The molecule has 3 N–H and O–H groups in total. The number of phenolic OH excluding ortho intramolecular Hbond substituents is 1. The molecule has 0 aromatic heterocycles. The van der Waals surface area contributed by atoms with E-state index in [2.05, 4.69) is 5.32 Å². The van der Waals surface area contributed by atoms with Gasteiger partial charge in [-0.25, -0.2) is 0 Å². The van der Waals surface area contributed by atoms with Crippen LogP contribution in [-0.2, 0) is 21.9 Å². The molecule has 3 aromatic rings. The highest BCUT2D eigenvalue weighted by atomic mass is 31.2. The Balaban J connectivity index is 1.25. The molecule has 0 saturated carbocycles. The average molecular weight is 486 g/mol. The zero-order valence-corrected chi connectivity index (χ0v) is 20.0. The van der Waals surface area contributed by atoms with Crippen LogP contribution in [0.3, 0.4) is 0 Å². The highest BCUT2D eigenvalue weighted by Crippen LogP contribution is 2.41. The Morgan fingerprint density at radius 3 is 2.12 bits per heavy atom. The van der Waals surface area contributed by atoms with E-state index in [-0.39, 0.29) is 18.7 Å². The van der Waals surface area contributed by atoms with Gasteiger partial charge in [0.2, 0.25) is 0 Å². The monoisotopic (exact) mass is 485 g/mol. The van der Waals surface area contributed by atoms with Gasteiger partial charge < -0.3 is 29.3 Å². The number of hydrogen-bond acceptors (Lipinski definition) is 6. The Morgan fingerprint density at radius 2 is 1.38 bits per heavy atom. The van der Waals surface area contributed by atoms with Crippen molar-refractivity contribution in [2.75, 3.05) is 32.7 Å². The Hall–Kier alpha value is -2.83. The third-order valence-corrected chi connectivity index (χ3v) is 6.08. The smallest absolute Gasteiger partial charge is 0.365 e. The van der Waals surface area contributed by atoms with E-state index in [4.69, 9.17) is 14.0 Å². The van der Waals surface area contributed by atoms with Crippen LogP contribution in [0.4, 0.5) is 0 Å². The molecular formula is C26H32NO6P. The van der Waals surface area contributed by atoms with E-state index in [1.54, 1.807) is 36.4 Å². The first kappa shape index (κ1) is 25.8. The van der Waals surface area contributed by atoms with Crippen molar-refractivity contribution >= 4 is 7.60 Å². The fourth-order valence-electron chi connectivity index (χ4n) is 3.18. The number of phenols is 1. The van der Waals surface area contributed by atoms with Gasteiger partial charge in [0.15, 0.2) is 6.35 Å². The van der Waals surface area contributed by atoms with Crippen LogP contribution in [0.5, 0.6) is 17.2 Å². The standard InChI is InChI=1S/C26H32NO6P/c28-24-9-13-25(14-10-24)31-19-4-17-27-18-15-23-7-11-26(12-8-23)32-21-34(29,30)33-20-16-22-5-2-1-3-6-22/h1-3,5-14,27-28H,4,15-21H2,(H,29,30). The highest BCUT2D eigenvalue weighted by molar-refractivity contribution is 7.52. The largest absolute Gasteiger partial charge is 0.508 e. The SMILES string of the molecule is O=P(O)(COc1ccc(CCNCCCOc2ccc(O)cc2)cc1)OCCc1ccccc1.